The third kappa shape index (κ3) is 6.57. The van der Waals surface area contributed by atoms with Crippen molar-refractivity contribution in [3.63, 3.8) is 0 Å². The second-order valence-corrected chi connectivity index (χ2v) is 22.1. The maximum Gasteiger partial charge on any atom is 0.0714 e. The summed E-state index contributed by atoms with van der Waals surface area (Å²) in [5.74, 6) is 0. The van der Waals surface area contributed by atoms with Crippen LogP contribution in [-0.2, 0) is 16.2 Å². The van der Waals surface area contributed by atoms with Crippen LogP contribution >= 0.6 is 0 Å². The zero-order chi connectivity index (χ0) is 49.9. The molecule has 1 heterocycles. The van der Waals surface area contributed by atoms with E-state index in [0.717, 1.165) is 22.7 Å². The molecule has 1 aromatic heterocycles. The van der Waals surface area contributed by atoms with Crippen molar-refractivity contribution in [2.24, 2.45) is 0 Å². The third-order valence-corrected chi connectivity index (χ3v) is 16.6. The maximum atomic E-state index is 2.48. The van der Waals surface area contributed by atoms with Crippen LogP contribution in [0.1, 0.15) is 73.6 Å². The number of fused-ring (bicyclic) bond motifs is 10. The first-order valence-electron chi connectivity index (χ1n) is 26.2. The summed E-state index contributed by atoms with van der Waals surface area (Å²) in [4.78, 5) is 2.43. The minimum absolute atomic E-state index is 0.0657. The van der Waals surface area contributed by atoms with Crippen LogP contribution in [-0.4, -0.2) is 4.57 Å². The number of hydrogen-bond donors (Lipinski definition) is 0. The monoisotopic (exact) mass is 948 g/mol. The van der Waals surface area contributed by atoms with Crippen molar-refractivity contribution < 1.29 is 0 Å². The molecular weight excluding hydrogens is 893 g/mol. The summed E-state index contributed by atoms with van der Waals surface area (Å²) in [6.07, 6.45) is 0. The van der Waals surface area contributed by atoms with E-state index in [1.807, 2.05) is 0 Å². The molecule has 0 fully saturated rings. The van der Waals surface area contributed by atoms with Gasteiger partial charge in [0.2, 0.25) is 0 Å². The second kappa shape index (κ2) is 16.4. The molecular formula is C72H56N2. The highest BCUT2D eigenvalue weighted by Crippen LogP contribution is 2.57. The van der Waals surface area contributed by atoms with E-state index in [2.05, 4.69) is 293 Å². The number of rotatable bonds is 7. The van der Waals surface area contributed by atoms with Gasteiger partial charge >= 0.3 is 0 Å². The van der Waals surface area contributed by atoms with Gasteiger partial charge < -0.3 is 9.47 Å². The van der Waals surface area contributed by atoms with Gasteiger partial charge in [-0.15, -0.1) is 0 Å². The molecule has 2 aliphatic rings. The molecule has 2 aliphatic carbocycles. The van der Waals surface area contributed by atoms with Crippen LogP contribution in [0.3, 0.4) is 0 Å². The number of anilines is 3. The largest absolute Gasteiger partial charge is 0.310 e. The van der Waals surface area contributed by atoms with Crippen molar-refractivity contribution in [1.29, 1.82) is 0 Å². The molecule has 14 rings (SSSR count). The fraction of sp³-hybridized carbons (Fsp3) is 0.111. The van der Waals surface area contributed by atoms with E-state index in [1.54, 1.807) is 0 Å². The summed E-state index contributed by atoms with van der Waals surface area (Å²) in [5.41, 5.74) is 23.2. The van der Waals surface area contributed by atoms with Crippen molar-refractivity contribution in [3.05, 3.63) is 288 Å². The zero-order valence-corrected chi connectivity index (χ0v) is 42.6. The highest BCUT2D eigenvalue weighted by atomic mass is 15.1. The van der Waals surface area contributed by atoms with Gasteiger partial charge in [0.25, 0.3) is 0 Å². The van der Waals surface area contributed by atoms with Crippen LogP contribution in [0, 0.1) is 0 Å². The molecule has 2 heteroatoms. The topological polar surface area (TPSA) is 8.17 Å². The Morgan fingerprint density at radius 2 is 0.905 bits per heavy atom. The molecule has 0 amide bonds. The van der Waals surface area contributed by atoms with Crippen LogP contribution in [0.5, 0.6) is 0 Å². The van der Waals surface area contributed by atoms with Crippen molar-refractivity contribution >= 4 is 49.6 Å². The number of nitrogens with zero attached hydrogens (tertiary/aromatic N) is 2. The fourth-order valence-electron chi connectivity index (χ4n) is 12.9. The van der Waals surface area contributed by atoms with Crippen LogP contribution in [0.25, 0.3) is 71.6 Å². The summed E-state index contributed by atoms with van der Waals surface area (Å²) in [6.45, 7) is 11.6. The van der Waals surface area contributed by atoms with Gasteiger partial charge in [-0.05, 0) is 161 Å². The Bertz CT molecular complexity index is 4150. The minimum Gasteiger partial charge on any atom is -0.310 e. The van der Waals surface area contributed by atoms with E-state index < -0.39 is 5.41 Å². The second-order valence-electron chi connectivity index (χ2n) is 22.1. The van der Waals surface area contributed by atoms with Gasteiger partial charge in [-0.3, -0.25) is 0 Å². The van der Waals surface area contributed by atoms with Crippen LogP contribution in [0.4, 0.5) is 17.1 Å². The Kier molecular flexibility index (Phi) is 9.76. The first-order valence-corrected chi connectivity index (χ1v) is 26.2. The molecule has 12 aromatic rings. The molecule has 0 saturated carbocycles. The summed E-state index contributed by atoms with van der Waals surface area (Å²) >= 11 is 0. The lowest BCUT2D eigenvalue weighted by Gasteiger charge is -2.34. The highest BCUT2D eigenvalue weighted by Gasteiger charge is 2.46. The fourth-order valence-corrected chi connectivity index (χ4v) is 12.9. The van der Waals surface area contributed by atoms with E-state index in [9.17, 15) is 0 Å². The Morgan fingerprint density at radius 1 is 0.365 bits per heavy atom. The van der Waals surface area contributed by atoms with Gasteiger partial charge in [0.05, 0.1) is 16.4 Å². The Morgan fingerprint density at radius 3 is 1.66 bits per heavy atom. The van der Waals surface area contributed by atoms with Crippen molar-refractivity contribution in [2.45, 2.75) is 50.9 Å². The van der Waals surface area contributed by atoms with Gasteiger partial charge in [0.1, 0.15) is 0 Å². The normalized spacial score (nSPS) is 14.0. The zero-order valence-electron chi connectivity index (χ0n) is 42.6. The van der Waals surface area contributed by atoms with E-state index >= 15 is 0 Å². The average molecular weight is 949 g/mol. The number of benzene rings is 11. The molecule has 0 aliphatic heterocycles. The Balaban J connectivity index is 0.865. The Hall–Kier alpha value is -8.72. The average Bonchev–Trinajstić information content (AvgIpc) is 4.12. The lowest BCUT2D eigenvalue weighted by Crippen LogP contribution is -2.28. The quantitative estimate of drug-likeness (QED) is 0.155. The smallest absolute Gasteiger partial charge is 0.0714 e. The molecule has 2 nitrogen and oxygen atoms in total. The van der Waals surface area contributed by atoms with Crippen LogP contribution in [0.15, 0.2) is 249 Å². The summed E-state index contributed by atoms with van der Waals surface area (Å²) in [7, 11) is 0. The predicted molar refractivity (Wildman–Crippen MR) is 312 cm³/mol. The van der Waals surface area contributed by atoms with Gasteiger partial charge in [0, 0.05) is 38.9 Å². The van der Waals surface area contributed by atoms with Crippen molar-refractivity contribution in [3.8, 4) is 39.1 Å². The van der Waals surface area contributed by atoms with Gasteiger partial charge in [-0.2, -0.15) is 0 Å². The van der Waals surface area contributed by atoms with Crippen LogP contribution in [0.2, 0.25) is 0 Å². The molecule has 0 spiro atoms. The summed E-state index contributed by atoms with van der Waals surface area (Å²) in [5, 5.41) is 4.96. The maximum absolute atomic E-state index is 2.48. The van der Waals surface area contributed by atoms with Crippen molar-refractivity contribution in [1.82, 2.24) is 4.57 Å². The first-order chi connectivity index (χ1) is 36.1. The van der Waals surface area contributed by atoms with Crippen LogP contribution < -0.4 is 4.90 Å². The molecule has 11 aromatic carbocycles. The predicted octanol–water partition coefficient (Wildman–Crippen LogP) is 19.0. The minimum atomic E-state index is -0.478. The van der Waals surface area contributed by atoms with E-state index in [-0.39, 0.29) is 10.8 Å². The molecule has 0 radical (unpaired) electrons. The molecule has 0 atom stereocenters. The molecule has 0 unspecified atom stereocenters. The van der Waals surface area contributed by atoms with E-state index in [0.29, 0.717) is 0 Å². The number of para-hydroxylation sites is 1. The number of hydrogen-bond acceptors (Lipinski definition) is 1. The van der Waals surface area contributed by atoms with E-state index in [4.69, 9.17) is 0 Å². The standard InChI is InChI=1S/C72H56N2/c1-70(2,3)51-31-34-54(35-32-51)73(55-33-28-47-18-12-13-19-48(47)42-55)56-36-39-60-59-38-29-50(44-65(59)71(4,5)66(60)45-56)49-30-41-69-63(43-49)62-25-15-17-27-68(62)74(69)57-37-40-61-58-24-14-16-26-64(58)72(67(61)46-57,52-20-8-6-9-21-52)53-22-10-7-11-23-53/h6-46H,1-5H3. The summed E-state index contributed by atoms with van der Waals surface area (Å²) in [6, 6.07) is 93.4. The molecule has 0 bridgehead atoms. The van der Waals surface area contributed by atoms with Gasteiger partial charge in [-0.25, -0.2) is 0 Å². The lowest BCUT2D eigenvalue weighted by atomic mass is 9.67. The first kappa shape index (κ1) is 44.0. The molecule has 354 valence electrons. The molecule has 0 saturated heterocycles. The third-order valence-electron chi connectivity index (χ3n) is 16.6. The van der Waals surface area contributed by atoms with Gasteiger partial charge in [0.15, 0.2) is 0 Å². The summed E-state index contributed by atoms with van der Waals surface area (Å²) < 4.78 is 2.48. The van der Waals surface area contributed by atoms with E-state index in [1.165, 1.54) is 105 Å². The lowest BCUT2D eigenvalue weighted by molar-refractivity contribution is 0.590. The SMILES string of the molecule is CC(C)(C)c1ccc(N(c2ccc3c(c2)C(C)(C)c2cc(-c4ccc5c(c4)c4ccccc4n5-c4ccc5c(c4)C(c4ccccc4)(c4ccccc4)c4ccccc4-5)ccc2-3)c2ccc3ccccc3c2)cc1. The Labute approximate surface area is 434 Å². The highest BCUT2D eigenvalue weighted by molar-refractivity contribution is 6.11. The van der Waals surface area contributed by atoms with Crippen molar-refractivity contribution in [2.75, 3.05) is 4.90 Å². The van der Waals surface area contributed by atoms with Gasteiger partial charge in [-0.1, -0.05) is 211 Å². The molecule has 74 heavy (non-hydrogen) atoms. The number of aromatic nitrogens is 1. The molecule has 0 N–H and O–H groups in total.